The van der Waals surface area contributed by atoms with Crippen LogP contribution in [0.1, 0.15) is 12.5 Å². The fourth-order valence-electron chi connectivity index (χ4n) is 2.30. The van der Waals surface area contributed by atoms with Gasteiger partial charge < -0.3 is 20.2 Å². The molecule has 1 aliphatic rings. The van der Waals surface area contributed by atoms with E-state index in [9.17, 15) is 4.79 Å². The summed E-state index contributed by atoms with van der Waals surface area (Å²) in [5.41, 5.74) is 10.8. The van der Waals surface area contributed by atoms with Crippen LogP contribution in [0.5, 0.6) is 11.6 Å². The number of pyridine rings is 1. The molecule has 2 heterocycles. The van der Waals surface area contributed by atoms with Crippen LogP contribution in [0.25, 0.3) is 5.70 Å². The van der Waals surface area contributed by atoms with E-state index in [1.54, 1.807) is 31.5 Å². The third-order valence-electron chi connectivity index (χ3n) is 3.27. The van der Waals surface area contributed by atoms with Crippen molar-refractivity contribution >= 4 is 11.6 Å². The Morgan fingerprint density at radius 2 is 2.15 bits per heavy atom. The van der Waals surface area contributed by atoms with E-state index < -0.39 is 11.9 Å². The number of ether oxygens (including phenoxy) is 2. The van der Waals surface area contributed by atoms with Crippen molar-refractivity contribution in [3.8, 4) is 11.6 Å². The van der Waals surface area contributed by atoms with E-state index in [-0.39, 0.29) is 0 Å². The summed E-state index contributed by atoms with van der Waals surface area (Å²) in [6.07, 6.45) is 1.65. The highest BCUT2D eigenvalue weighted by atomic mass is 16.5. The molecule has 108 valence electrons. The van der Waals surface area contributed by atoms with Crippen molar-refractivity contribution in [2.75, 3.05) is 21.3 Å². The third kappa shape index (κ3) is 2.27. The highest BCUT2D eigenvalue weighted by molar-refractivity contribution is 5.88. The number of hydrogen-bond acceptors (Lipinski definition) is 6. The topological polar surface area (TPSA) is 89.7 Å². The fourth-order valence-corrected chi connectivity index (χ4v) is 2.30. The smallest absolute Gasteiger partial charge is 0.240 e. The Bertz CT molecular complexity index is 571. The lowest BCUT2D eigenvalue weighted by Gasteiger charge is -2.19. The van der Waals surface area contributed by atoms with E-state index >= 15 is 0 Å². The Morgan fingerprint density at radius 1 is 1.45 bits per heavy atom. The minimum Gasteiger partial charge on any atom is -0.496 e. The second-order valence-corrected chi connectivity index (χ2v) is 4.48. The molecule has 3 N–H and O–H groups in total. The van der Waals surface area contributed by atoms with Crippen LogP contribution >= 0.6 is 0 Å². The zero-order valence-corrected chi connectivity index (χ0v) is 11.9. The van der Waals surface area contributed by atoms with Gasteiger partial charge in [0.25, 0.3) is 0 Å². The number of carbonyl (C=O) groups excluding carboxylic acids is 1. The predicted molar refractivity (Wildman–Crippen MR) is 73.8 cm³/mol. The molecule has 0 aromatic carbocycles. The van der Waals surface area contributed by atoms with Gasteiger partial charge in [-0.15, -0.1) is 0 Å². The Kier molecular flexibility index (Phi) is 3.80. The van der Waals surface area contributed by atoms with Crippen molar-refractivity contribution in [2.24, 2.45) is 5.73 Å². The SMILES string of the molecule is COc1cc(OC)c(C2=C(C)C(C(N)=O)NN2C)cn1. The lowest BCUT2D eigenvalue weighted by Crippen LogP contribution is -2.43. The molecule has 0 saturated carbocycles. The van der Waals surface area contributed by atoms with Gasteiger partial charge in [0.15, 0.2) is 0 Å². The summed E-state index contributed by atoms with van der Waals surface area (Å²) >= 11 is 0. The van der Waals surface area contributed by atoms with E-state index in [4.69, 9.17) is 15.2 Å². The predicted octanol–water partition coefficient (Wildman–Crippen LogP) is 0.134. The summed E-state index contributed by atoms with van der Waals surface area (Å²) in [4.78, 5) is 15.6. The first-order valence-electron chi connectivity index (χ1n) is 6.08. The molecule has 0 spiro atoms. The Morgan fingerprint density at radius 3 is 2.65 bits per heavy atom. The summed E-state index contributed by atoms with van der Waals surface area (Å²) in [6, 6.07) is 1.17. The van der Waals surface area contributed by atoms with Crippen LogP contribution < -0.4 is 20.6 Å². The van der Waals surface area contributed by atoms with E-state index in [1.807, 2.05) is 14.0 Å². The maximum absolute atomic E-state index is 11.4. The molecule has 1 aliphatic heterocycles. The molecule has 0 saturated heterocycles. The molecule has 1 atom stereocenters. The maximum Gasteiger partial charge on any atom is 0.240 e. The molecule has 7 nitrogen and oxygen atoms in total. The molecule has 20 heavy (non-hydrogen) atoms. The second-order valence-electron chi connectivity index (χ2n) is 4.48. The van der Waals surface area contributed by atoms with Crippen molar-refractivity contribution < 1.29 is 14.3 Å². The largest absolute Gasteiger partial charge is 0.496 e. The zero-order valence-electron chi connectivity index (χ0n) is 11.9. The van der Waals surface area contributed by atoms with Crippen molar-refractivity contribution in [1.29, 1.82) is 0 Å². The molecule has 0 fully saturated rings. The number of rotatable bonds is 4. The number of hydrazine groups is 1. The minimum absolute atomic E-state index is 0.426. The molecular formula is C13H18N4O3. The highest BCUT2D eigenvalue weighted by Crippen LogP contribution is 2.34. The van der Waals surface area contributed by atoms with Crippen LogP contribution in [-0.2, 0) is 4.79 Å². The molecule has 1 aromatic rings. The summed E-state index contributed by atoms with van der Waals surface area (Å²) in [6.45, 7) is 1.85. The van der Waals surface area contributed by atoms with Crippen LogP contribution in [0.15, 0.2) is 17.8 Å². The molecular weight excluding hydrogens is 260 g/mol. The maximum atomic E-state index is 11.4. The first-order chi connectivity index (χ1) is 9.49. The van der Waals surface area contributed by atoms with E-state index in [2.05, 4.69) is 10.4 Å². The molecule has 1 amide bonds. The number of methoxy groups -OCH3 is 2. The monoisotopic (exact) mass is 278 g/mol. The zero-order chi connectivity index (χ0) is 14.9. The van der Waals surface area contributed by atoms with E-state index in [1.165, 1.54) is 0 Å². The number of primary amides is 1. The average Bonchev–Trinajstić information content (AvgIpc) is 2.73. The number of hydrogen-bond donors (Lipinski definition) is 2. The van der Waals surface area contributed by atoms with Crippen LogP contribution in [0.4, 0.5) is 0 Å². The molecule has 0 aliphatic carbocycles. The normalized spacial score (nSPS) is 18.4. The van der Waals surface area contributed by atoms with E-state index in [0.29, 0.717) is 11.6 Å². The van der Waals surface area contributed by atoms with Gasteiger partial charge in [-0.3, -0.25) is 4.79 Å². The summed E-state index contributed by atoms with van der Waals surface area (Å²) in [5.74, 6) is 0.652. The van der Waals surface area contributed by atoms with E-state index in [0.717, 1.165) is 16.8 Å². The van der Waals surface area contributed by atoms with Gasteiger partial charge in [0.2, 0.25) is 11.8 Å². The summed E-state index contributed by atoms with van der Waals surface area (Å²) in [5, 5.41) is 1.75. The van der Waals surface area contributed by atoms with Gasteiger partial charge in [0, 0.05) is 19.3 Å². The molecule has 0 radical (unpaired) electrons. The lowest BCUT2D eigenvalue weighted by atomic mass is 10.0. The van der Waals surface area contributed by atoms with Gasteiger partial charge in [-0.2, -0.15) is 0 Å². The highest BCUT2D eigenvalue weighted by Gasteiger charge is 2.32. The van der Waals surface area contributed by atoms with Gasteiger partial charge in [-0.05, 0) is 12.5 Å². The average molecular weight is 278 g/mol. The van der Waals surface area contributed by atoms with Gasteiger partial charge in [0.1, 0.15) is 11.8 Å². The van der Waals surface area contributed by atoms with Crippen molar-refractivity contribution in [1.82, 2.24) is 15.4 Å². The van der Waals surface area contributed by atoms with Crippen LogP contribution in [0, 0.1) is 0 Å². The van der Waals surface area contributed by atoms with Crippen LogP contribution in [0.2, 0.25) is 0 Å². The first kappa shape index (κ1) is 14.1. The van der Waals surface area contributed by atoms with Gasteiger partial charge in [-0.1, -0.05) is 0 Å². The molecule has 1 unspecified atom stereocenters. The fraction of sp³-hybridized carbons (Fsp3) is 0.385. The quantitative estimate of drug-likeness (QED) is 0.814. The van der Waals surface area contributed by atoms with Gasteiger partial charge in [-0.25, -0.2) is 10.4 Å². The number of nitrogens with one attached hydrogen (secondary N) is 1. The van der Waals surface area contributed by atoms with Crippen LogP contribution in [-0.4, -0.2) is 43.2 Å². The number of nitrogens with two attached hydrogens (primary N) is 1. The minimum atomic E-state index is -0.526. The number of carbonyl (C=O) groups is 1. The molecule has 7 heteroatoms. The standard InChI is InChI=1S/C13H18N4O3/c1-7-11(13(14)18)16-17(2)12(7)8-6-15-10(20-4)5-9(8)19-3/h5-6,11,16H,1-4H3,(H2,14,18). The molecule has 0 bridgehead atoms. The first-order valence-corrected chi connectivity index (χ1v) is 6.08. The van der Waals surface area contributed by atoms with Crippen LogP contribution in [0.3, 0.4) is 0 Å². The van der Waals surface area contributed by atoms with Gasteiger partial charge >= 0.3 is 0 Å². The number of amides is 1. The summed E-state index contributed by atoms with van der Waals surface area (Å²) in [7, 11) is 4.92. The Hall–Kier alpha value is -2.28. The number of aromatic nitrogens is 1. The lowest BCUT2D eigenvalue weighted by molar-refractivity contribution is -0.119. The van der Waals surface area contributed by atoms with Crippen molar-refractivity contribution in [3.05, 3.63) is 23.4 Å². The Balaban J connectivity index is 2.52. The summed E-state index contributed by atoms with van der Waals surface area (Å²) < 4.78 is 10.4. The number of nitrogens with zero attached hydrogens (tertiary/aromatic N) is 2. The van der Waals surface area contributed by atoms with Crippen molar-refractivity contribution in [3.63, 3.8) is 0 Å². The molecule has 1 aromatic heterocycles. The third-order valence-corrected chi connectivity index (χ3v) is 3.27. The molecule has 2 rings (SSSR count). The second kappa shape index (κ2) is 5.38. The van der Waals surface area contributed by atoms with Gasteiger partial charge in [0.05, 0.1) is 25.5 Å². The Labute approximate surface area is 117 Å². The van der Waals surface area contributed by atoms with Crippen molar-refractivity contribution in [2.45, 2.75) is 13.0 Å².